The molecule has 2 aromatic carbocycles. The standard InChI is InChI=1S/C26H26F3N3O6/c27-26(28,29)38-20-9-10-21-17(13-20)14-22(32-21)24(34)31-12-11-30-23(33)15-1-5-18(6-2-15)37-19-7-3-16(4-8-19)25(35)36/h1-2,5-6,9-10,13-14,16,19,32H,3-4,7-8,11-12H2,(H,30,33)(H,31,34)(H,35,36)/t16-,19+. The van der Waals surface area contributed by atoms with Crippen LogP contribution in [0, 0.1) is 5.92 Å². The molecule has 0 atom stereocenters. The largest absolute Gasteiger partial charge is 0.573 e. The van der Waals surface area contributed by atoms with E-state index < -0.39 is 18.2 Å². The van der Waals surface area contributed by atoms with Gasteiger partial charge in [0, 0.05) is 29.6 Å². The highest BCUT2D eigenvalue weighted by Gasteiger charge is 2.31. The lowest BCUT2D eigenvalue weighted by Crippen LogP contribution is -2.34. The maximum Gasteiger partial charge on any atom is 0.573 e. The monoisotopic (exact) mass is 533 g/mol. The summed E-state index contributed by atoms with van der Waals surface area (Å²) in [6, 6.07) is 11.7. The van der Waals surface area contributed by atoms with Crippen LogP contribution in [0.1, 0.15) is 46.5 Å². The number of halogens is 3. The summed E-state index contributed by atoms with van der Waals surface area (Å²) in [5.41, 5.74) is 1.03. The predicted octanol–water partition coefficient (Wildman–Crippen LogP) is 4.25. The number of carboxylic acids is 1. The van der Waals surface area contributed by atoms with Gasteiger partial charge in [0.05, 0.1) is 12.0 Å². The molecular weight excluding hydrogens is 507 g/mol. The third-order valence-electron chi connectivity index (χ3n) is 6.21. The maximum absolute atomic E-state index is 12.4. The van der Waals surface area contributed by atoms with Gasteiger partial charge in [-0.1, -0.05) is 0 Å². The third kappa shape index (κ3) is 7.17. The highest BCUT2D eigenvalue weighted by Crippen LogP contribution is 2.28. The van der Waals surface area contributed by atoms with E-state index in [-0.39, 0.29) is 42.5 Å². The molecular formula is C26H26F3N3O6. The fraction of sp³-hybridized carbons (Fsp3) is 0.346. The van der Waals surface area contributed by atoms with Gasteiger partial charge in [-0.15, -0.1) is 13.2 Å². The summed E-state index contributed by atoms with van der Waals surface area (Å²) in [5, 5.41) is 14.8. The number of H-pyrrole nitrogens is 1. The number of aromatic nitrogens is 1. The Kier molecular flexibility index (Phi) is 8.08. The Morgan fingerprint density at radius 2 is 1.53 bits per heavy atom. The lowest BCUT2D eigenvalue weighted by atomic mass is 9.87. The fourth-order valence-corrected chi connectivity index (χ4v) is 4.28. The van der Waals surface area contributed by atoms with E-state index in [9.17, 15) is 27.6 Å². The van der Waals surface area contributed by atoms with E-state index in [4.69, 9.17) is 9.84 Å². The summed E-state index contributed by atoms with van der Waals surface area (Å²) < 4.78 is 47.0. The van der Waals surface area contributed by atoms with E-state index in [0.717, 1.165) is 6.07 Å². The molecule has 202 valence electrons. The summed E-state index contributed by atoms with van der Waals surface area (Å²) in [4.78, 5) is 38.7. The first-order valence-corrected chi connectivity index (χ1v) is 12.0. The first kappa shape index (κ1) is 26.8. The van der Waals surface area contributed by atoms with E-state index in [0.29, 0.717) is 47.9 Å². The van der Waals surface area contributed by atoms with Crippen molar-refractivity contribution >= 4 is 28.7 Å². The van der Waals surface area contributed by atoms with Gasteiger partial charge >= 0.3 is 12.3 Å². The van der Waals surface area contributed by atoms with Crippen LogP contribution in [0.15, 0.2) is 48.5 Å². The number of rotatable bonds is 9. The summed E-state index contributed by atoms with van der Waals surface area (Å²) >= 11 is 0. The Labute approximate surface area is 215 Å². The molecule has 0 bridgehead atoms. The van der Waals surface area contributed by atoms with Crippen molar-refractivity contribution in [2.75, 3.05) is 13.1 Å². The number of carbonyl (C=O) groups is 3. The van der Waals surface area contributed by atoms with Crippen molar-refractivity contribution in [1.82, 2.24) is 15.6 Å². The number of amides is 2. The van der Waals surface area contributed by atoms with Crippen molar-refractivity contribution in [3.05, 3.63) is 59.8 Å². The van der Waals surface area contributed by atoms with Crippen LogP contribution in [-0.2, 0) is 4.79 Å². The molecule has 1 aromatic heterocycles. The summed E-state index contributed by atoms with van der Waals surface area (Å²) in [6.07, 6.45) is -2.38. The van der Waals surface area contributed by atoms with Crippen molar-refractivity contribution in [2.45, 2.75) is 38.1 Å². The van der Waals surface area contributed by atoms with Crippen molar-refractivity contribution < 1.29 is 42.1 Å². The third-order valence-corrected chi connectivity index (χ3v) is 6.21. The molecule has 0 spiro atoms. The second kappa shape index (κ2) is 11.4. The highest BCUT2D eigenvalue weighted by molar-refractivity contribution is 5.98. The molecule has 9 nitrogen and oxygen atoms in total. The van der Waals surface area contributed by atoms with Gasteiger partial charge in [-0.25, -0.2) is 0 Å². The molecule has 12 heteroatoms. The first-order valence-electron chi connectivity index (χ1n) is 12.0. The maximum atomic E-state index is 12.4. The number of aromatic amines is 1. The Morgan fingerprint density at radius 3 is 2.16 bits per heavy atom. The molecule has 1 saturated carbocycles. The quantitative estimate of drug-likeness (QED) is 0.305. The molecule has 38 heavy (non-hydrogen) atoms. The number of carbonyl (C=O) groups excluding carboxylic acids is 2. The second-order valence-corrected chi connectivity index (χ2v) is 8.95. The van der Waals surface area contributed by atoms with Crippen molar-refractivity contribution in [2.24, 2.45) is 5.92 Å². The molecule has 4 rings (SSSR count). The second-order valence-electron chi connectivity index (χ2n) is 8.95. The minimum atomic E-state index is -4.81. The zero-order valence-electron chi connectivity index (χ0n) is 20.1. The van der Waals surface area contributed by atoms with Crippen LogP contribution in [0.2, 0.25) is 0 Å². The van der Waals surface area contributed by atoms with E-state index in [2.05, 4.69) is 20.4 Å². The van der Waals surface area contributed by atoms with Crippen LogP contribution in [0.3, 0.4) is 0 Å². The van der Waals surface area contributed by atoms with E-state index >= 15 is 0 Å². The SMILES string of the molecule is O=C(NCCNC(=O)c1cc2cc(OC(F)(F)F)ccc2[nH]1)c1ccc(O[C@H]2CC[C@@H](C(=O)O)CC2)cc1. The summed E-state index contributed by atoms with van der Waals surface area (Å²) in [6.45, 7) is 0.280. The number of fused-ring (bicyclic) bond motifs is 1. The minimum absolute atomic E-state index is 0.0542. The number of ether oxygens (including phenoxy) is 2. The van der Waals surface area contributed by atoms with Crippen molar-refractivity contribution in [3.63, 3.8) is 0 Å². The van der Waals surface area contributed by atoms with Crippen LogP contribution in [0.5, 0.6) is 11.5 Å². The van der Waals surface area contributed by atoms with Crippen LogP contribution < -0.4 is 20.1 Å². The number of benzene rings is 2. The van der Waals surface area contributed by atoms with Crippen molar-refractivity contribution in [1.29, 1.82) is 0 Å². The Balaban J connectivity index is 1.20. The molecule has 0 aliphatic heterocycles. The smallest absolute Gasteiger partial charge is 0.490 e. The molecule has 0 unspecified atom stereocenters. The topological polar surface area (TPSA) is 130 Å². The Hall–Kier alpha value is -4.22. The molecule has 0 saturated heterocycles. The van der Waals surface area contributed by atoms with Crippen LogP contribution >= 0.6 is 0 Å². The van der Waals surface area contributed by atoms with Crippen LogP contribution in [0.25, 0.3) is 10.9 Å². The Bertz CT molecular complexity index is 1300. The molecule has 1 heterocycles. The molecule has 0 radical (unpaired) electrons. The lowest BCUT2D eigenvalue weighted by Gasteiger charge is -2.26. The first-order chi connectivity index (χ1) is 18.1. The van der Waals surface area contributed by atoms with Crippen LogP contribution in [0.4, 0.5) is 13.2 Å². The number of alkyl halides is 3. The van der Waals surface area contributed by atoms with E-state index in [1.165, 1.54) is 18.2 Å². The number of aliphatic carboxylic acids is 1. The molecule has 1 aliphatic carbocycles. The molecule has 3 aromatic rings. The summed E-state index contributed by atoms with van der Waals surface area (Å²) in [7, 11) is 0. The predicted molar refractivity (Wildman–Crippen MR) is 130 cm³/mol. The number of hydrogen-bond acceptors (Lipinski definition) is 5. The van der Waals surface area contributed by atoms with Gasteiger partial charge in [0.2, 0.25) is 0 Å². The molecule has 4 N–H and O–H groups in total. The van der Waals surface area contributed by atoms with Gasteiger partial charge in [-0.05, 0) is 74.2 Å². The molecule has 2 amide bonds. The number of hydrogen-bond donors (Lipinski definition) is 4. The normalized spacial score (nSPS) is 17.6. The van der Waals surface area contributed by atoms with Crippen molar-refractivity contribution in [3.8, 4) is 11.5 Å². The van der Waals surface area contributed by atoms with Gasteiger partial charge in [0.1, 0.15) is 17.2 Å². The average Bonchev–Trinajstić information content (AvgIpc) is 3.30. The molecule has 1 fully saturated rings. The van der Waals surface area contributed by atoms with Gasteiger partial charge in [0.15, 0.2) is 0 Å². The molecule has 1 aliphatic rings. The highest BCUT2D eigenvalue weighted by atomic mass is 19.4. The van der Waals surface area contributed by atoms with Gasteiger partial charge in [-0.3, -0.25) is 14.4 Å². The number of nitrogens with one attached hydrogen (secondary N) is 3. The zero-order chi connectivity index (χ0) is 27.3. The fourth-order valence-electron chi connectivity index (χ4n) is 4.28. The van der Waals surface area contributed by atoms with Gasteiger partial charge in [-0.2, -0.15) is 0 Å². The van der Waals surface area contributed by atoms with Gasteiger partial charge < -0.3 is 30.2 Å². The Morgan fingerprint density at radius 1 is 0.895 bits per heavy atom. The van der Waals surface area contributed by atoms with Gasteiger partial charge in [0.25, 0.3) is 11.8 Å². The number of carboxylic acid groups (broad SMARTS) is 1. The van der Waals surface area contributed by atoms with Crippen LogP contribution in [-0.4, -0.2) is 53.4 Å². The van der Waals surface area contributed by atoms with E-state index in [1.807, 2.05) is 0 Å². The summed E-state index contributed by atoms with van der Waals surface area (Å²) in [5.74, 6) is -1.69. The zero-order valence-corrected chi connectivity index (χ0v) is 20.1. The average molecular weight is 534 g/mol. The minimum Gasteiger partial charge on any atom is -0.490 e. The van der Waals surface area contributed by atoms with E-state index in [1.54, 1.807) is 24.3 Å². The lowest BCUT2D eigenvalue weighted by molar-refractivity contribution is -0.274.